The molecule has 10 N–H and O–H groups in total. The number of amides is 2. The first-order valence-corrected chi connectivity index (χ1v) is 22.2. The molecule has 0 radical (unpaired) electrons. The summed E-state index contributed by atoms with van der Waals surface area (Å²) in [5.74, 6) is -1.19. The molecule has 1 fully saturated rings. The second-order valence-corrected chi connectivity index (χ2v) is 16.4. The van der Waals surface area contributed by atoms with Crippen LogP contribution in [-0.2, 0) is 41.7 Å². The van der Waals surface area contributed by atoms with Crippen molar-refractivity contribution in [3.05, 3.63) is 53.5 Å². The zero-order chi connectivity index (χ0) is 45.1. The molecule has 2 aliphatic heterocycles. The monoisotopic (exact) mass is 898 g/mol. The Morgan fingerprint density at radius 2 is 1.78 bits per heavy atom. The number of hydrazine groups is 2. The first kappa shape index (κ1) is 48.6. The number of carboxylic acids is 2. The van der Waals surface area contributed by atoms with E-state index >= 15 is 0 Å². The molecule has 2 aliphatic rings. The van der Waals surface area contributed by atoms with Crippen molar-refractivity contribution in [3.63, 3.8) is 0 Å². The lowest BCUT2D eigenvalue weighted by atomic mass is 10.1. The summed E-state index contributed by atoms with van der Waals surface area (Å²) in [5, 5.41) is 25.0. The highest BCUT2D eigenvalue weighted by Gasteiger charge is 2.26. The summed E-state index contributed by atoms with van der Waals surface area (Å²) < 4.78 is 19.3. The topological polar surface area (TPSA) is 277 Å². The molecule has 1 aromatic carbocycles. The Balaban J connectivity index is 0.941. The van der Waals surface area contributed by atoms with Crippen LogP contribution >= 0.6 is 11.8 Å². The minimum Gasteiger partial charge on any atom is -0.496 e. The highest BCUT2D eigenvalue weighted by atomic mass is 32.2. The third-order valence-electron chi connectivity index (χ3n) is 10.4. The van der Waals surface area contributed by atoms with Crippen LogP contribution in [0.1, 0.15) is 50.2 Å². The summed E-state index contributed by atoms with van der Waals surface area (Å²) in [6.45, 7) is 9.11. The molecule has 3 aromatic rings. The standard InChI is InChI=1S/C41H62N12O9S/c1-3-4-5-10-44-38-37-32(46-41(43)47-38)8-11-52(37)25-29-7-6-28(21-33(29)60-2)24-50-12-14-51(15-13-50)35(54)9-17-61-19-20-62-18-16-53-26-30(48-49-53)23-45-39(57)34(22-36(55)56)63-27-31(42)40(58)59/h6-8,11,21,26,31,34,48-49H,3-5,9-10,12-20,22-25,27,42H2,1-2H3,(H,45,57)(H,55,56)(H,58,59)(H3,43,44,46,47)/t31-,34-/m0/s1. The lowest BCUT2D eigenvalue weighted by molar-refractivity contribution is -0.138. The molecule has 2 amide bonds. The average molecular weight is 899 g/mol. The highest BCUT2D eigenvalue weighted by molar-refractivity contribution is 8.00. The Labute approximate surface area is 371 Å². The SMILES string of the molecule is CCCCCNc1nc(N)nc2ccn(Cc3ccc(CN4CCN(C(=O)CCOCCOCCN5C=C(CNC(=O)[C@H](CC(=O)O)SC[C@H](N)C(=O)O)NN5)CC4)cc3OC)c12. The molecule has 346 valence electrons. The Bertz CT molecular complexity index is 2010. The number of anilines is 2. The normalized spacial score (nSPS) is 15.2. The predicted molar refractivity (Wildman–Crippen MR) is 238 cm³/mol. The van der Waals surface area contributed by atoms with Crippen LogP contribution in [0.5, 0.6) is 5.75 Å². The van der Waals surface area contributed by atoms with Crippen molar-refractivity contribution >= 4 is 58.3 Å². The van der Waals surface area contributed by atoms with Gasteiger partial charge in [-0.1, -0.05) is 31.9 Å². The van der Waals surface area contributed by atoms with Gasteiger partial charge in [0.15, 0.2) is 5.82 Å². The summed E-state index contributed by atoms with van der Waals surface area (Å²) in [4.78, 5) is 60.9. The molecular weight excluding hydrogens is 837 g/mol. The Hall–Kier alpha value is -5.39. The number of aromatic nitrogens is 3. The molecular formula is C41H62N12O9S. The van der Waals surface area contributed by atoms with Gasteiger partial charge in [0.05, 0.1) is 82.5 Å². The van der Waals surface area contributed by atoms with Crippen molar-refractivity contribution < 1.29 is 43.6 Å². The molecule has 0 spiro atoms. The summed E-state index contributed by atoms with van der Waals surface area (Å²) in [5.41, 5.74) is 21.9. The lowest BCUT2D eigenvalue weighted by Gasteiger charge is -2.35. The van der Waals surface area contributed by atoms with Crippen LogP contribution in [0.2, 0.25) is 0 Å². The van der Waals surface area contributed by atoms with Crippen molar-refractivity contribution in [3.8, 4) is 5.75 Å². The van der Waals surface area contributed by atoms with Crippen molar-refractivity contribution in [2.45, 2.75) is 63.4 Å². The summed E-state index contributed by atoms with van der Waals surface area (Å²) in [6.07, 6.45) is 6.90. The number of ether oxygens (including phenoxy) is 3. The number of nitrogens with two attached hydrogens (primary N) is 2. The molecule has 0 aliphatic carbocycles. The molecule has 5 rings (SSSR count). The van der Waals surface area contributed by atoms with E-state index in [0.29, 0.717) is 64.7 Å². The smallest absolute Gasteiger partial charge is 0.321 e. The van der Waals surface area contributed by atoms with Crippen LogP contribution in [-0.4, -0.2) is 160 Å². The van der Waals surface area contributed by atoms with E-state index in [4.69, 9.17) is 35.9 Å². The number of piperazine rings is 1. The Morgan fingerprint density at radius 3 is 2.51 bits per heavy atom. The van der Waals surface area contributed by atoms with E-state index in [1.807, 2.05) is 17.2 Å². The zero-order valence-corrected chi connectivity index (χ0v) is 36.9. The number of fused-ring (bicyclic) bond motifs is 1. The molecule has 0 saturated carbocycles. The number of nitrogen functional groups attached to an aromatic ring is 1. The fraction of sp³-hybridized carbons (Fsp3) is 0.561. The van der Waals surface area contributed by atoms with Crippen LogP contribution in [0.25, 0.3) is 11.0 Å². The van der Waals surface area contributed by atoms with E-state index < -0.39 is 35.6 Å². The lowest BCUT2D eigenvalue weighted by Crippen LogP contribution is -2.48. The third kappa shape index (κ3) is 15.4. The van der Waals surface area contributed by atoms with Gasteiger partial charge in [-0.2, -0.15) is 4.98 Å². The number of aliphatic carboxylic acids is 2. The molecule has 0 bridgehead atoms. The van der Waals surface area contributed by atoms with Gasteiger partial charge in [0.25, 0.3) is 0 Å². The van der Waals surface area contributed by atoms with Gasteiger partial charge >= 0.3 is 11.9 Å². The highest BCUT2D eigenvalue weighted by Crippen LogP contribution is 2.28. The van der Waals surface area contributed by atoms with Crippen LogP contribution in [0.4, 0.5) is 11.8 Å². The number of thioether (sulfide) groups is 1. The number of carbonyl (C=O) groups is 4. The van der Waals surface area contributed by atoms with E-state index in [9.17, 15) is 19.2 Å². The predicted octanol–water partition coefficient (Wildman–Crippen LogP) is 1.01. The zero-order valence-electron chi connectivity index (χ0n) is 36.1. The largest absolute Gasteiger partial charge is 0.496 e. The van der Waals surface area contributed by atoms with Crippen molar-refractivity contribution in [2.24, 2.45) is 5.73 Å². The number of hydrogen-bond donors (Lipinski definition) is 8. The number of unbranched alkanes of at least 4 members (excludes halogenated alkanes) is 2. The number of nitrogens with zero attached hydrogens (tertiary/aromatic N) is 6. The second-order valence-electron chi connectivity index (χ2n) is 15.2. The molecule has 22 heteroatoms. The average Bonchev–Trinajstić information content (AvgIpc) is 3.90. The Morgan fingerprint density at radius 1 is 1.00 bits per heavy atom. The van der Waals surface area contributed by atoms with Gasteiger partial charge in [-0.3, -0.25) is 29.1 Å². The minimum absolute atomic E-state index is 0.0662. The quantitative estimate of drug-likeness (QED) is 0.0472. The van der Waals surface area contributed by atoms with Crippen LogP contribution in [0, 0.1) is 0 Å². The van der Waals surface area contributed by atoms with Crippen LogP contribution in [0.3, 0.4) is 0 Å². The number of nitrogens with one attached hydrogen (secondary N) is 4. The number of methoxy groups -OCH3 is 1. The Kier molecular flexibility index (Phi) is 19.3. The maximum atomic E-state index is 12.9. The molecule has 0 unspecified atom stereocenters. The maximum absolute atomic E-state index is 12.9. The second kappa shape index (κ2) is 25.0. The van der Waals surface area contributed by atoms with Gasteiger partial charge in [0.2, 0.25) is 17.8 Å². The first-order chi connectivity index (χ1) is 30.4. The van der Waals surface area contributed by atoms with E-state index in [-0.39, 0.29) is 24.2 Å². The van der Waals surface area contributed by atoms with Gasteiger partial charge in [-0.15, -0.1) is 17.3 Å². The number of benzene rings is 1. The van der Waals surface area contributed by atoms with Gasteiger partial charge in [0, 0.05) is 63.0 Å². The molecule has 1 saturated heterocycles. The first-order valence-electron chi connectivity index (χ1n) is 21.2. The van der Waals surface area contributed by atoms with Gasteiger partial charge < -0.3 is 61.4 Å². The summed E-state index contributed by atoms with van der Waals surface area (Å²) >= 11 is 0.889. The van der Waals surface area contributed by atoms with Gasteiger partial charge in [0.1, 0.15) is 17.3 Å². The fourth-order valence-corrected chi connectivity index (χ4v) is 8.04. The fourth-order valence-electron chi connectivity index (χ4n) is 6.96. The maximum Gasteiger partial charge on any atom is 0.321 e. The molecule has 63 heavy (non-hydrogen) atoms. The van der Waals surface area contributed by atoms with Crippen molar-refractivity contribution in [1.82, 2.24) is 45.6 Å². The number of carbonyl (C=O) groups excluding carboxylic acids is 2. The van der Waals surface area contributed by atoms with Crippen LogP contribution < -0.4 is 37.8 Å². The van der Waals surface area contributed by atoms with Crippen molar-refractivity contribution in [2.75, 3.05) is 96.2 Å². The third-order valence-corrected chi connectivity index (χ3v) is 11.7. The summed E-state index contributed by atoms with van der Waals surface area (Å²) in [6, 6.07) is 7.08. The number of rotatable bonds is 28. The van der Waals surface area contributed by atoms with E-state index in [1.165, 1.54) is 0 Å². The minimum atomic E-state index is -1.23. The summed E-state index contributed by atoms with van der Waals surface area (Å²) in [7, 11) is 1.69. The number of carboxylic acid groups (broad SMARTS) is 2. The number of hydrogen-bond acceptors (Lipinski definition) is 17. The van der Waals surface area contributed by atoms with Gasteiger partial charge in [-0.05, 0) is 24.1 Å². The van der Waals surface area contributed by atoms with Crippen LogP contribution in [0.15, 0.2) is 42.4 Å². The van der Waals surface area contributed by atoms with Gasteiger partial charge in [-0.25, -0.2) is 4.98 Å². The molecule has 4 heterocycles. The van der Waals surface area contributed by atoms with E-state index in [2.05, 4.69) is 66.2 Å². The molecule has 2 atom stereocenters. The molecule has 21 nitrogen and oxygen atoms in total. The van der Waals surface area contributed by atoms with E-state index in [1.54, 1.807) is 18.3 Å². The molecule has 2 aromatic heterocycles. The van der Waals surface area contributed by atoms with Crippen molar-refractivity contribution in [1.29, 1.82) is 0 Å². The van der Waals surface area contributed by atoms with E-state index in [0.717, 1.165) is 90.9 Å².